The van der Waals surface area contributed by atoms with Gasteiger partial charge in [0.15, 0.2) is 0 Å². The van der Waals surface area contributed by atoms with Gasteiger partial charge in [0.1, 0.15) is 24.0 Å². The van der Waals surface area contributed by atoms with Gasteiger partial charge in [-0.1, -0.05) is 168 Å². The number of nitrogens with zero attached hydrogens (tertiary/aromatic N) is 4. The zero-order chi connectivity index (χ0) is 45.0. The van der Waals surface area contributed by atoms with Gasteiger partial charge in [-0.3, -0.25) is 4.57 Å². The van der Waals surface area contributed by atoms with Crippen LogP contribution in [0.25, 0.3) is 49.9 Å². The lowest BCUT2D eigenvalue weighted by atomic mass is 9.78. The first-order valence-corrected chi connectivity index (χ1v) is 22.9. The van der Waals surface area contributed by atoms with Gasteiger partial charge in [-0.05, 0) is 99.5 Å². The molecule has 10 aromatic rings. The Morgan fingerprint density at radius 1 is 0.455 bits per heavy atom. The van der Waals surface area contributed by atoms with Crippen LogP contribution in [-0.4, -0.2) is 16.2 Å². The first-order chi connectivity index (χ1) is 32.1. The molecule has 0 aliphatic carbocycles. The summed E-state index contributed by atoms with van der Waals surface area (Å²) >= 11 is 0. The molecule has 0 spiro atoms. The second kappa shape index (κ2) is 16.3. The average molecular weight is 857 g/mol. The van der Waals surface area contributed by atoms with Crippen molar-refractivity contribution in [1.29, 1.82) is 0 Å². The normalized spacial score (nSPS) is 12.8. The van der Waals surface area contributed by atoms with Crippen molar-refractivity contribution in [3.05, 3.63) is 229 Å². The highest BCUT2D eigenvalue weighted by atomic mass is 16.5. The smallest absolute Gasteiger partial charge is 0.137 e. The summed E-state index contributed by atoms with van der Waals surface area (Å²) in [4.78, 5) is 9.88. The highest BCUT2D eigenvalue weighted by Gasteiger charge is 2.32. The van der Waals surface area contributed by atoms with Crippen molar-refractivity contribution in [3.8, 4) is 39.6 Å². The van der Waals surface area contributed by atoms with Gasteiger partial charge in [-0.25, -0.2) is 4.98 Å². The summed E-state index contributed by atoms with van der Waals surface area (Å²) in [5.41, 5.74) is 15.0. The average Bonchev–Trinajstić information content (AvgIpc) is 3.91. The molecule has 0 amide bonds. The molecule has 2 aromatic heterocycles. The fourth-order valence-electron chi connectivity index (χ4n) is 9.66. The monoisotopic (exact) mass is 856 g/mol. The summed E-state index contributed by atoms with van der Waals surface area (Å²) in [5, 5.41) is 2.32. The molecule has 0 bridgehead atoms. The van der Waals surface area contributed by atoms with Crippen LogP contribution in [-0.2, 0) is 10.8 Å². The van der Waals surface area contributed by atoms with Crippen LogP contribution in [0.2, 0.25) is 0 Å². The molecule has 5 nitrogen and oxygen atoms in total. The Labute approximate surface area is 387 Å². The number of ether oxygens (including phenoxy) is 1. The predicted molar refractivity (Wildman–Crippen MR) is 275 cm³/mol. The third-order valence-electron chi connectivity index (χ3n) is 13.3. The van der Waals surface area contributed by atoms with Crippen molar-refractivity contribution < 1.29 is 4.74 Å². The highest BCUT2D eigenvalue weighted by Crippen LogP contribution is 2.51. The van der Waals surface area contributed by atoms with Crippen LogP contribution in [0.3, 0.4) is 0 Å². The Balaban J connectivity index is 0.983. The number of benzene rings is 8. The lowest BCUT2D eigenvalue weighted by Gasteiger charge is -2.27. The van der Waals surface area contributed by atoms with E-state index in [2.05, 4.69) is 249 Å². The Hall–Kier alpha value is -7.89. The first kappa shape index (κ1) is 40.9. The molecule has 0 N–H and O–H groups in total. The van der Waals surface area contributed by atoms with Gasteiger partial charge in [0.25, 0.3) is 0 Å². The third-order valence-corrected chi connectivity index (χ3v) is 13.3. The van der Waals surface area contributed by atoms with E-state index in [1.807, 2.05) is 12.3 Å². The minimum Gasteiger partial charge on any atom is -0.457 e. The van der Waals surface area contributed by atoms with E-state index >= 15 is 0 Å². The number of pyridine rings is 1. The SMILES string of the molecule is CC(C)(C)c1cc(-c2ccccc2)cc(N2CN(c3cccc(Oc4ccc5c6ccccc6n(-c6cc(C(C)(C)c7ccccc7)ccn6)c5c4)c3)c3cccc(-c4ccccc4)c32)c1. The Bertz CT molecular complexity index is 3390. The van der Waals surface area contributed by atoms with Gasteiger partial charge in [-0.2, -0.15) is 0 Å². The van der Waals surface area contributed by atoms with Crippen LogP contribution in [0.1, 0.15) is 51.3 Å². The summed E-state index contributed by atoms with van der Waals surface area (Å²) < 4.78 is 9.12. The minimum absolute atomic E-state index is 0.0520. The van der Waals surface area contributed by atoms with Crippen molar-refractivity contribution in [2.45, 2.75) is 45.4 Å². The fraction of sp³-hybridized carbons (Fsp3) is 0.131. The van der Waals surface area contributed by atoms with Gasteiger partial charge in [0.2, 0.25) is 0 Å². The molecule has 0 saturated heterocycles. The molecule has 8 aromatic carbocycles. The molecule has 322 valence electrons. The van der Waals surface area contributed by atoms with E-state index in [1.165, 1.54) is 50.0 Å². The van der Waals surface area contributed by atoms with Crippen molar-refractivity contribution in [3.63, 3.8) is 0 Å². The number of aromatic nitrogens is 2. The van der Waals surface area contributed by atoms with Gasteiger partial charge >= 0.3 is 0 Å². The van der Waals surface area contributed by atoms with Gasteiger partial charge in [0.05, 0.1) is 22.4 Å². The van der Waals surface area contributed by atoms with Gasteiger partial charge in [0, 0.05) is 51.5 Å². The van der Waals surface area contributed by atoms with E-state index in [-0.39, 0.29) is 10.8 Å². The van der Waals surface area contributed by atoms with Crippen LogP contribution >= 0.6 is 0 Å². The topological polar surface area (TPSA) is 33.5 Å². The lowest BCUT2D eigenvalue weighted by molar-refractivity contribution is 0.483. The molecule has 0 atom stereocenters. The second-order valence-corrected chi connectivity index (χ2v) is 18.9. The Morgan fingerprint density at radius 2 is 1.14 bits per heavy atom. The maximum absolute atomic E-state index is 6.85. The zero-order valence-electron chi connectivity index (χ0n) is 38.1. The highest BCUT2D eigenvalue weighted by molar-refractivity contribution is 6.09. The third kappa shape index (κ3) is 7.37. The molecule has 0 fully saturated rings. The van der Waals surface area contributed by atoms with Crippen LogP contribution in [0.5, 0.6) is 11.5 Å². The molecule has 0 unspecified atom stereocenters. The lowest BCUT2D eigenvalue weighted by Crippen LogP contribution is -2.24. The van der Waals surface area contributed by atoms with Crippen molar-refractivity contribution >= 4 is 44.6 Å². The summed E-state index contributed by atoms with van der Waals surface area (Å²) in [7, 11) is 0. The molecule has 5 heteroatoms. The van der Waals surface area contributed by atoms with E-state index < -0.39 is 0 Å². The van der Waals surface area contributed by atoms with Gasteiger partial charge < -0.3 is 14.5 Å². The second-order valence-electron chi connectivity index (χ2n) is 18.9. The molecular weight excluding hydrogens is 805 g/mol. The standard InChI is InChI=1S/C61H52N4O/c1-60(2,3)47-35-44(42-19-9-6-10-20-42)36-49(37-47)64-41-63(56-30-18-28-52(59(56)64)43-21-11-7-12-22-43)48-25-17-26-50(39-48)66-51-31-32-54-53-27-15-16-29-55(53)65(57(54)40-51)58-38-46(33-34-62-58)61(4,5)45-23-13-8-14-24-45/h6-40H,41H2,1-5H3. The van der Waals surface area contributed by atoms with E-state index in [0.29, 0.717) is 6.67 Å². The molecule has 11 rings (SSSR count). The van der Waals surface area contributed by atoms with Crippen LogP contribution in [0.4, 0.5) is 22.7 Å². The van der Waals surface area contributed by atoms with Crippen LogP contribution in [0, 0.1) is 0 Å². The molecule has 1 aliphatic heterocycles. The summed E-state index contributed by atoms with van der Waals surface area (Å²) in [6, 6.07) is 73.8. The van der Waals surface area contributed by atoms with Gasteiger partial charge in [-0.15, -0.1) is 0 Å². The Morgan fingerprint density at radius 3 is 1.91 bits per heavy atom. The van der Waals surface area contributed by atoms with E-state index in [0.717, 1.165) is 50.8 Å². The first-order valence-electron chi connectivity index (χ1n) is 22.9. The number of para-hydroxylation sites is 2. The molecular formula is C61H52N4O. The van der Waals surface area contributed by atoms with E-state index in [1.54, 1.807) is 0 Å². The summed E-state index contributed by atoms with van der Waals surface area (Å²) in [5.74, 6) is 2.39. The number of anilines is 4. The molecule has 0 radical (unpaired) electrons. The zero-order valence-corrected chi connectivity index (χ0v) is 38.1. The number of hydrogen-bond acceptors (Lipinski definition) is 4. The molecule has 1 aliphatic rings. The number of hydrogen-bond donors (Lipinski definition) is 0. The maximum atomic E-state index is 6.85. The fourth-order valence-corrected chi connectivity index (χ4v) is 9.66. The largest absolute Gasteiger partial charge is 0.457 e. The summed E-state index contributed by atoms with van der Waals surface area (Å²) in [6.45, 7) is 12.1. The van der Waals surface area contributed by atoms with Crippen molar-refractivity contribution in [2.75, 3.05) is 16.5 Å². The molecule has 3 heterocycles. The summed E-state index contributed by atoms with van der Waals surface area (Å²) in [6.07, 6.45) is 1.94. The number of fused-ring (bicyclic) bond motifs is 4. The molecule has 0 saturated carbocycles. The van der Waals surface area contributed by atoms with E-state index in [4.69, 9.17) is 9.72 Å². The number of rotatable bonds is 9. The van der Waals surface area contributed by atoms with Crippen LogP contribution in [0.15, 0.2) is 212 Å². The molecule has 66 heavy (non-hydrogen) atoms. The van der Waals surface area contributed by atoms with Crippen molar-refractivity contribution in [1.82, 2.24) is 9.55 Å². The maximum Gasteiger partial charge on any atom is 0.137 e. The quantitative estimate of drug-likeness (QED) is 0.145. The van der Waals surface area contributed by atoms with E-state index in [9.17, 15) is 0 Å². The predicted octanol–water partition coefficient (Wildman–Crippen LogP) is 16.2. The van der Waals surface area contributed by atoms with Crippen LogP contribution < -0.4 is 14.5 Å². The minimum atomic E-state index is -0.214. The Kier molecular flexibility index (Phi) is 10.1. The van der Waals surface area contributed by atoms with Crippen molar-refractivity contribution in [2.24, 2.45) is 0 Å².